The standard InChI is InChI=1S/C16H23NO4/c1-6-21-12(18)9-10(2)13(19)17-11-7-8-16(5,14(17)20)15(11,3)4/h9,11H,6-8H2,1-5H3/b10-9+/t11-,16-/m0/s1. The molecular weight excluding hydrogens is 270 g/mol. The highest BCUT2D eigenvalue weighted by molar-refractivity contribution is 6.10. The van der Waals surface area contributed by atoms with Gasteiger partial charge < -0.3 is 4.74 Å². The summed E-state index contributed by atoms with van der Waals surface area (Å²) in [5, 5.41) is 0. The summed E-state index contributed by atoms with van der Waals surface area (Å²) < 4.78 is 4.80. The van der Waals surface area contributed by atoms with Gasteiger partial charge in [0.15, 0.2) is 0 Å². The van der Waals surface area contributed by atoms with Crippen LogP contribution in [0.25, 0.3) is 0 Å². The van der Waals surface area contributed by atoms with E-state index in [9.17, 15) is 14.4 Å². The molecule has 1 heterocycles. The van der Waals surface area contributed by atoms with Crippen molar-refractivity contribution in [1.82, 2.24) is 4.90 Å². The molecule has 0 N–H and O–H groups in total. The van der Waals surface area contributed by atoms with Crippen molar-refractivity contribution in [2.75, 3.05) is 6.61 Å². The second-order valence-corrected chi connectivity index (χ2v) is 6.67. The molecule has 1 aliphatic carbocycles. The smallest absolute Gasteiger partial charge is 0.331 e. The predicted molar refractivity (Wildman–Crippen MR) is 77.2 cm³/mol. The van der Waals surface area contributed by atoms with Gasteiger partial charge in [0.05, 0.1) is 12.0 Å². The summed E-state index contributed by atoms with van der Waals surface area (Å²) in [5.41, 5.74) is -0.477. The zero-order valence-electron chi connectivity index (χ0n) is 13.4. The summed E-state index contributed by atoms with van der Waals surface area (Å²) in [4.78, 5) is 38.0. The topological polar surface area (TPSA) is 63.7 Å². The molecule has 5 heteroatoms. The lowest BCUT2D eigenvalue weighted by Crippen LogP contribution is -2.44. The van der Waals surface area contributed by atoms with Crippen LogP contribution >= 0.6 is 0 Å². The number of ether oxygens (including phenoxy) is 1. The quantitative estimate of drug-likeness (QED) is 0.590. The van der Waals surface area contributed by atoms with E-state index in [2.05, 4.69) is 0 Å². The molecule has 0 aromatic carbocycles. The average Bonchev–Trinajstić information content (AvgIpc) is 2.70. The van der Waals surface area contributed by atoms with Crippen molar-refractivity contribution in [2.45, 2.75) is 53.5 Å². The van der Waals surface area contributed by atoms with Crippen LogP contribution in [-0.2, 0) is 19.1 Å². The number of piperidine rings is 1. The van der Waals surface area contributed by atoms with Crippen molar-refractivity contribution in [3.8, 4) is 0 Å². The monoisotopic (exact) mass is 293 g/mol. The molecule has 0 aromatic heterocycles. The first-order chi connectivity index (χ1) is 9.66. The fourth-order valence-electron chi connectivity index (χ4n) is 3.56. The Labute approximate surface area is 125 Å². The molecule has 0 radical (unpaired) electrons. The minimum atomic E-state index is -0.550. The van der Waals surface area contributed by atoms with Crippen LogP contribution in [0.15, 0.2) is 11.6 Å². The molecule has 2 atom stereocenters. The number of rotatable bonds is 3. The van der Waals surface area contributed by atoms with Gasteiger partial charge in [-0.1, -0.05) is 20.8 Å². The number of likely N-dealkylation sites (tertiary alicyclic amines) is 1. The van der Waals surface area contributed by atoms with Crippen LogP contribution in [0.1, 0.15) is 47.5 Å². The van der Waals surface area contributed by atoms with Gasteiger partial charge in [-0.2, -0.15) is 0 Å². The summed E-state index contributed by atoms with van der Waals surface area (Å²) in [5.74, 6) is -1.05. The van der Waals surface area contributed by atoms with E-state index in [1.54, 1.807) is 13.8 Å². The number of nitrogens with zero attached hydrogens (tertiary/aromatic N) is 1. The van der Waals surface area contributed by atoms with Gasteiger partial charge in [-0.25, -0.2) is 4.79 Å². The van der Waals surface area contributed by atoms with Crippen LogP contribution in [0.3, 0.4) is 0 Å². The minimum Gasteiger partial charge on any atom is -0.463 e. The Hall–Kier alpha value is -1.65. The molecule has 2 aliphatic rings. The first-order valence-corrected chi connectivity index (χ1v) is 7.40. The fourth-order valence-corrected chi connectivity index (χ4v) is 3.56. The van der Waals surface area contributed by atoms with Crippen LogP contribution in [0, 0.1) is 10.8 Å². The number of carbonyl (C=O) groups is 3. The van der Waals surface area contributed by atoms with E-state index in [0.717, 1.165) is 12.8 Å². The van der Waals surface area contributed by atoms with E-state index in [1.165, 1.54) is 11.0 Å². The highest BCUT2D eigenvalue weighted by atomic mass is 16.5. The van der Waals surface area contributed by atoms with E-state index in [-0.39, 0.29) is 35.5 Å². The maximum atomic E-state index is 12.6. The normalized spacial score (nSPS) is 30.7. The molecule has 2 fully saturated rings. The van der Waals surface area contributed by atoms with Gasteiger partial charge in [-0.15, -0.1) is 0 Å². The van der Waals surface area contributed by atoms with Crippen molar-refractivity contribution in [1.29, 1.82) is 0 Å². The van der Waals surface area contributed by atoms with E-state index in [4.69, 9.17) is 4.74 Å². The van der Waals surface area contributed by atoms with Crippen LogP contribution in [0.4, 0.5) is 0 Å². The molecule has 2 bridgehead atoms. The Bertz CT molecular complexity index is 534. The zero-order valence-corrected chi connectivity index (χ0v) is 13.4. The highest BCUT2D eigenvalue weighted by Crippen LogP contribution is 2.60. The van der Waals surface area contributed by atoms with Crippen molar-refractivity contribution < 1.29 is 19.1 Å². The molecule has 21 heavy (non-hydrogen) atoms. The summed E-state index contributed by atoms with van der Waals surface area (Å²) in [6, 6.07) is -0.0898. The van der Waals surface area contributed by atoms with Crippen molar-refractivity contribution >= 4 is 17.8 Å². The van der Waals surface area contributed by atoms with E-state index < -0.39 is 11.4 Å². The molecule has 0 aromatic rings. The van der Waals surface area contributed by atoms with E-state index in [1.807, 2.05) is 20.8 Å². The number of esters is 1. The molecule has 116 valence electrons. The zero-order chi connectivity index (χ0) is 16.0. The Kier molecular flexibility index (Phi) is 3.72. The second-order valence-electron chi connectivity index (χ2n) is 6.67. The van der Waals surface area contributed by atoms with Gasteiger partial charge in [0.25, 0.3) is 5.91 Å². The molecule has 2 amide bonds. The van der Waals surface area contributed by atoms with Gasteiger partial charge >= 0.3 is 5.97 Å². The minimum absolute atomic E-state index is 0.0898. The SMILES string of the molecule is CCOC(=O)/C=C(\C)C(=O)N1C(=O)[C@]2(C)CC[C@H]1C2(C)C. The third-order valence-electron chi connectivity index (χ3n) is 5.35. The number of fused-ring (bicyclic) bond motifs is 2. The van der Waals surface area contributed by atoms with Gasteiger partial charge in [0.2, 0.25) is 5.91 Å². The maximum absolute atomic E-state index is 12.6. The average molecular weight is 293 g/mol. The highest BCUT2D eigenvalue weighted by Gasteiger charge is 2.67. The Morgan fingerprint density at radius 2 is 2.00 bits per heavy atom. The van der Waals surface area contributed by atoms with Crippen LogP contribution in [-0.4, -0.2) is 35.3 Å². The van der Waals surface area contributed by atoms with Crippen LogP contribution in [0.2, 0.25) is 0 Å². The van der Waals surface area contributed by atoms with Gasteiger partial charge in [0.1, 0.15) is 0 Å². The number of hydrogen-bond acceptors (Lipinski definition) is 4. The largest absolute Gasteiger partial charge is 0.463 e. The lowest BCUT2D eigenvalue weighted by Gasteiger charge is -2.29. The van der Waals surface area contributed by atoms with Crippen LogP contribution in [0.5, 0.6) is 0 Å². The Morgan fingerprint density at radius 3 is 2.48 bits per heavy atom. The number of imide groups is 1. The Morgan fingerprint density at radius 1 is 1.38 bits per heavy atom. The maximum Gasteiger partial charge on any atom is 0.331 e. The predicted octanol–water partition coefficient (Wildman–Crippen LogP) is 2.06. The summed E-state index contributed by atoms with van der Waals surface area (Å²) in [6.45, 7) is 9.53. The third kappa shape index (κ3) is 2.10. The second kappa shape index (κ2) is 4.97. The number of amides is 2. The van der Waals surface area contributed by atoms with Gasteiger partial charge in [-0.3, -0.25) is 14.5 Å². The van der Waals surface area contributed by atoms with Crippen molar-refractivity contribution in [3.63, 3.8) is 0 Å². The van der Waals surface area contributed by atoms with Crippen molar-refractivity contribution in [3.05, 3.63) is 11.6 Å². The van der Waals surface area contributed by atoms with Crippen molar-refractivity contribution in [2.24, 2.45) is 10.8 Å². The lowest BCUT2D eigenvalue weighted by atomic mass is 9.70. The van der Waals surface area contributed by atoms with Gasteiger partial charge in [0, 0.05) is 17.7 Å². The Balaban J connectivity index is 2.26. The lowest BCUT2D eigenvalue weighted by molar-refractivity contribution is -0.148. The summed E-state index contributed by atoms with van der Waals surface area (Å²) in [6.07, 6.45) is 2.81. The molecule has 1 saturated carbocycles. The van der Waals surface area contributed by atoms with Gasteiger partial charge in [-0.05, 0) is 32.1 Å². The van der Waals surface area contributed by atoms with E-state index in [0.29, 0.717) is 0 Å². The summed E-state index contributed by atoms with van der Waals surface area (Å²) in [7, 11) is 0. The summed E-state index contributed by atoms with van der Waals surface area (Å²) >= 11 is 0. The molecule has 2 rings (SSSR count). The fraction of sp³-hybridized carbons (Fsp3) is 0.688. The molecule has 5 nitrogen and oxygen atoms in total. The molecule has 0 spiro atoms. The van der Waals surface area contributed by atoms with E-state index >= 15 is 0 Å². The first kappa shape index (κ1) is 15.7. The molecule has 0 unspecified atom stereocenters. The molecular formula is C16H23NO4. The third-order valence-corrected chi connectivity index (χ3v) is 5.35. The molecule has 1 saturated heterocycles. The number of carbonyl (C=O) groups excluding carboxylic acids is 3. The number of hydrogen-bond donors (Lipinski definition) is 0. The van der Waals surface area contributed by atoms with Crippen LogP contribution < -0.4 is 0 Å². The first-order valence-electron chi connectivity index (χ1n) is 7.40. The molecule has 1 aliphatic heterocycles.